The molecular formula is C29H45N7O5. The van der Waals surface area contributed by atoms with Crippen LogP contribution in [0.4, 0.5) is 5.69 Å². The summed E-state index contributed by atoms with van der Waals surface area (Å²) in [5.41, 5.74) is 6.07. The lowest BCUT2D eigenvalue weighted by molar-refractivity contribution is 0.0968. The predicted octanol–water partition coefficient (Wildman–Crippen LogP) is 1.19. The summed E-state index contributed by atoms with van der Waals surface area (Å²) in [6, 6.07) is 8.87. The number of carbonyl (C=O) groups excluding carboxylic acids is 1. The molecule has 0 saturated carbocycles. The average Bonchev–Trinajstić information content (AvgIpc) is 3.38. The number of ketones is 1. The number of carbonyl (C=O) groups is 1. The Morgan fingerprint density at radius 1 is 0.951 bits per heavy atom. The third-order valence-corrected chi connectivity index (χ3v) is 6.65. The van der Waals surface area contributed by atoms with E-state index in [0.717, 1.165) is 30.7 Å². The van der Waals surface area contributed by atoms with E-state index in [0.29, 0.717) is 61.8 Å². The first kappa shape index (κ1) is 32.4. The number of phenols is 1. The largest absolute Gasteiger partial charge is 0.507 e. The number of phenolic OH excluding ortho intramolecular Hbond substituents is 1. The van der Waals surface area contributed by atoms with Gasteiger partial charge in [-0.2, -0.15) is 5.10 Å². The van der Waals surface area contributed by atoms with Gasteiger partial charge in [-0.05, 0) is 37.5 Å². The number of hydrogen-bond acceptors (Lipinski definition) is 11. The number of aromatic hydroxyl groups is 1. The van der Waals surface area contributed by atoms with E-state index in [9.17, 15) is 9.90 Å². The van der Waals surface area contributed by atoms with Crippen LogP contribution in [-0.4, -0.2) is 96.6 Å². The molecule has 2 aromatic carbocycles. The van der Waals surface area contributed by atoms with E-state index in [-0.39, 0.29) is 30.3 Å². The van der Waals surface area contributed by atoms with Crippen molar-refractivity contribution in [1.29, 1.82) is 0 Å². The van der Waals surface area contributed by atoms with Crippen molar-refractivity contribution in [2.24, 2.45) is 5.84 Å². The van der Waals surface area contributed by atoms with E-state index in [2.05, 4.69) is 21.4 Å². The molecule has 226 valence electrons. The Balaban J connectivity index is 0.000000393. The molecule has 3 aromatic rings. The molecule has 1 aliphatic heterocycles. The highest BCUT2D eigenvalue weighted by Crippen LogP contribution is 2.44. The number of nitrogens with two attached hydrogens (primary N) is 1. The maximum absolute atomic E-state index is 13.5. The van der Waals surface area contributed by atoms with Crippen molar-refractivity contribution >= 4 is 22.4 Å². The number of aliphatic hydroxyl groups is 2. The van der Waals surface area contributed by atoms with Crippen LogP contribution in [0, 0.1) is 0 Å². The van der Waals surface area contributed by atoms with Gasteiger partial charge in [0.05, 0.1) is 36.4 Å². The monoisotopic (exact) mass is 571 g/mol. The Bertz CT molecular complexity index is 1220. The number of rotatable bonds is 12. The third-order valence-electron chi connectivity index (χ3n) is 6.65. The lowest BCUT2D eigenvalue weighted by Gasteiger charge is -2.19. The summed E-state index contributed by atoms with van der Waals surface area (Å²) in [7, 11) is 0. The Kier molecular flexibility index (Phi) is 14.0. The van der Waals surface area contributed by atoms with Crippen LogP contribution in [0.5, 0.6) is 5.75 Å². The Morgan fingerprint density at radius 3 is 2.27 bits per heavy atom. The molecule has 0 unspecified atom stereocenters. The molecule has 12 nitrogen and oxygen atoms in total. The van der Waals surface area contributed by atoms with Gasteiger partial charge in [-0.1, -0.05) is 19.1 Å². The molecule has 0 bridgehead atoms. The van der Waals surface area contributed by atoms with Crippen LogP contribution in [0.25, 0.3) is 22.2 Å². The van der Waals surface area contributed by atoms with Crippen LogP contribution in [0.15, 0.2) is 30.3 Å². The minimum Gasteiger partial charge on any atom is -0.507 e. The molecule has 5 rings (SSSR count). The van der Waals surface area contributed by atoms with Crippen LogP contribution >= 0.6 is 0 Å². The molecule has 41 heavy (non-hydrogen) atoms. The summed E-state index contributed by atoms with van der Waals surface area (Å²) in [4.78, 5) is 13.5. The van der Waals surface area contributed by atoms with Crippen molar-refractivity contribution in [3.63, 3.8) is 0 Å². The van der Waals surface area contributed by atoms with Crippen molar-refractivity contribution in [3.8, 4) is 17.0 Å². The molecule has 1 aromatic heterocycles. The smallest absolute Gasteiger partial charge is 0.200 e. The molecule has 2 heterocycles. The molecule has 1 aliphatic carbocycles. The van der Waals surface area contributed by atoms with E-state index in [1.807, 2.05) is 29.8 Å². The van der Waals surface area contributed by atoms with Gasteiger partial charge in [-0.3, -0.25) is 20.7 Å². The highest BCUT2D eigenvalue weighted by molar-refractivity contribution is 6.28. The third kappa shape index (κ3) is 8.69. The van der Waals surface area contributed by atoms with Gasteiger partial charge >= 0.3 is 0 Å². The Labute approximate surface area is 241 Å². The summed E-state index contributed by atoms with van der Waals surface area (Å²) in [5, 5.41) is 43.4. The van der Waals surface area contributed by atoms with E-state index >= 15 is 0 Å². The van der Waals surface area contributed by atoms with Gasteiger partial charge in [-0.25, -0.2) is 0 Å². The van der Waals surface area contributed by atoms with Crippen LogP contribution < -0.4 is 27.2 Å². The standard InChI is InChI=1S/C22H27N5O4.C5H10O.C2H8N2/c28-12-9-23-6-7-25-15-4-5-16-20-19(15)22(31)18-14(2-1-3-17(18)30)21(20)26-27(16)11-8-24-10-13-29;1-2-4-6-5-3-1;1-2-4-3/h1-5,23-25,28-30H,6-13H2;1-5H2;4H,2-3H2,1H3. The van der Waals surface area contributed by atoms with Gasteiger partial charge in [0.2, 0.25) is 0 Å². The number of hydrogen-bond donors (Lipinski definition) is 8. The maximum atomic E-state index is 13.5. The van der Waals surface area contributed by atoms with E-state index < -0.39 is 0 Å². The molecule has 2 aliphatic rings. The average molecular weight is 572 g/mol. The van der Waals surface area contributed by atoms with Crippen molar-refractivity contribution in [1.82, 2.24) is 25.8 Å². The van der Waals surface area contributed by atoms with Gasteiger partial charge in [0.25, 0.3) is 0 Å². The number of ether oxygens (including phenoxy) is 1. The van der Waals surface area contributed by atoms with E-state index in [4.69, 9.17) is 25.9 Å². The Hall–Kier alpha value is -3.10. The van der Waals surface area contributed by atoms with Gasteiger partial charge in [0.1, 0.15) is 11.4 Å². The molecule has 0 atom stereocenters. The van der Waals surface area contributed by atoms with Gasteiger partial charge in [0.15, 0.2) is 5.78 Å². The normalized spacial score (nSPS) is 13.6. The molecule has 12 heteroatoms. The highest BCUT2D eigenvalue weighted by Gasteiger charge is 2.33. The van der Waals surface area contributed by atoms with E-state index in [1.165, 1.54) is 25.3 Å². The number of benzene rings is 2. The van der Waals surface area contributed by atoms with Crippen molar-refractivity contribution < 1.29 is 24.9 Å². The summed E-state index contributed by atoms with van der Waals surface area (Å²) >= 11 is 0. The van der Waals surface area contributed by atoms with Gasteiger partial charge in [0, 0.05) is 69.1 Å². The minimum atomic E-state index is -0.227. The van der Waals surface area contributed by atoms with Gasteiger partial charge < -0.3 is 36.0 Å². The lowest BCUT2D eigenvalue weighted by atomic mass is 9.86. The zero-order valence-corrected chi connectivity index (χ0v) is 23.9. The first-order chi connectivity index (χ1) is 20.1. The maximum Gasteiger partial charge on any atom is 0.200 e. The molecule has 0 spiro atoms. The first-order valence-electron chi connectivity index (χ1n) is 14.4. The SMILES string of the molecule is C1CCOCC1.CCNN.O=C1c2c(O)cccc2-c2nn(CCNCCO)c3ccc(NCCNCCO)c1c23. The first-order valence-corrected chi connectivity index (χ1v) is 14.4. The number of nitrogens with one attached hydrogen (secondary N) is 4. The fraction of sp³-hybridized carbons (Fsp3) is 0.517. The van der Waals surface area contributed by atoms with Crippen LogP contribution in [-0.2, 0) is 11.3 Å². The second-order valence-electron chi connectivity index (χ2n) is 9.59. The highest BCUT2D eigenvalue weighted by atomic mass is 16.5. The second-order valence-corrected chi connectivity index (χ2v) is 9.59. The van der Waals surface area contributed by atoms with Crippen molar-refractivity contribution in [2.75, 3.05) is 71.0 Å². The number of anilines is 1. The second kappa shape index (κ2) is 17.7. The van der Waals surface area contributed by atoms with Crippen LogP contribution in [0.1, 0.15) is 42.1 Å². The fourth-order valence-electron chi connectivity index (χ4n) is 4.68. The summed E-state index contributed by atoms with van der Waals surface area (Å²) in [6.45, 7) is 8.37. The molecule has 0 amide bonds. The number of fused-ring (bicyclic) bond motifs is 2. The summed E-state index contributed by atoms with van der Waals surface area (Å²) < 4.78 is 6.93. The fourth-order valence-corrected chi connectivity index (χ4v) is 4.68. The quantitative estimate of drug-likeness (QED) is 0.0695. The predicted molar refractivity (Wildman–Crippen MR) is 161 cm³/mol. The summed E-state index contributed by atoms with van der Waals surface area (Å²) in [6.07, 6.45) is 3.93. The number of aromatic nitrogens is 2. The van der Waals surface area contributed by atoms with Gasteiger partial charge in [-0.15, -0.1) is 0 Å². The molecule has 1 saturated heterocycles. The van der Waals surface area contributed by atoms with Crippen molar-refractivity contribution in [3.05, 3.63) is 41.5 Å². The Morgan fingerprint density at radius 2 is 1.66 bits per heavy atom. The number of hydrazine groups is 1. The summed E-state index contributed by atoms with van der Waals surface area (Å²) in [5.74, 6) is 4.50. The molecule has 9 N–H and O–H groups in total. The van der Waals surface area contributed by atoms with Crippen molar-refractivity contribution in [2.45, 2.75) is 32.7 Å². The molecular weight excluding hydrogens is 526 g/mol. The lowest BCUT2D eigenvalue weighted by Crippen LogP contribution is -2.25. The van der Waals surface area contributed by atoms with E-state index in [1.54, 1.807) is 6.07 Å². The molecule has 0 radical (unpaired) electrons. The topological polar surface area (TPSA) is 179 Å². The zero-order chi connectivity index (χ0) is 29.5. The van der Waals surface area contributed by atoms with Crippen LogP contribution in [0.2, 0.25) is 0 Å². The zero-order valence-electron chi connectivity index (χ0n) is 23.9. The molecule has 1 fully saturated rings. The van der Waals surface area contributed by atoms with Crippen LogP contribution in [0.3, 0.4) is 0 Å². The number of aliphatic hydroxyl groups excluding tert-OH is 2. The number of nitrogens with zero attached hydrogens (tertiary/aromatic N) is 2. The minimum absolute atomic E-state index is 0.0557.